The summed E-state index contributed by atoms with van der Waals surface area (Å²) in [7, 11) is 0. The SMILES string of the molecule is CC(C)C1CCN(C(=O)C2(C#N)CC2)CC1. The minimum Gasteiger partial charge on any atom is -0.341 e. The van der Waals surface area contributed by atoms with Gasteiger partial charge in [-0.25, -0.2) is 0 Å². The number of nitriles is 1. The van der Waals surface area contributed by atoms with Gasteiger partial charge in [-0.15, -0.1) is 0 Å². The largest absolute Gasteiger partial charge is 0.341 e. The Balaban J connectivity index is 1.90. The average Bonchev–Trinajstić information content (AvgIpc) is 3.09. The number of hydrogen-bond donors (Lipinski definition) is 0. The van der Waals surface area contributed by atoms with Gasteiger partial charge in [0.2, 0.25) is 5.91 Å². The van der Waals surface area contributed by atoms with Gasteiger partial charge in [-0.2, -0.15) is 5.26 Å². The Kier molecular flexibility index (Phi) is 2.92. The zero-order chi connectivity index (χ0) is 11.8. The molecule has 2 fully saturated rings. The molecule has 0 radical (unpaired) electrons. The minimum absolute atomic E-state index is 0.0946. The molecule has 1 saturated heterocycles. The van der Waals surface area contributed by atoms with Crippen molar-refractivity contribution in [2.75, 3.05) is 13.1 Å². The predicted octanol–water partition coefficient (Wildman–Crippen LogP) is 2.18. The number of likely N-dealkylation sites (tertiary alicyclic amines) is 1. The summed E-state index contributed by atoms with van der Waals surface area (Å²) >= 11 is 0. The van der Waals surface area contributed by atoms with E-state index in [1.54, 1.807) is 0 Å². The second-order valence-electron chi connectivity index (χ2n) is 5.57. The van der Waals surface area contributed by atoms with Crippen LogP contribution in [0.15, 0.2) is 0 Å². The highest BCUT2D eigenvalue weighted by atomic mass is 16.2. The van der Waals surface area contributed by atoms with E-state index in [9.17, 15) is 4.79 Å². The van der Waals surface area contributed by atoms with Crippen LogP contribution in [0, 0.1) is 28.6 Å². The fourth-order valence-corrected chi connectivity index (χ4v) is 2.57. The van der Waals surface area contributed by atoms with Gasteiger partial charge in [0.15, 0.2) is 0 Å². The van der Waals surface area contributed by atoms with Crippen molar-refractivity contribution in [3.05, 3.63) is 0 Å². The van der Waals surface area contributed by atoms with Crippen molar-refractivity contribution < 1.29 is 4.79 Å². The smallest absolute Gasteiger partial charge is 0.243 e. The number of amides is 1. The summed E-state index contributed by atoms with van der Waals surface area (Å²) in [4.78, 5) is 14.0. The molecule has 1 amide bonds. The van der Waals surface area contributed by atoms with Gasteiger partial charge < -0.3 is 4.90 Å². The fourth-order valence-electron chi connectivity index (χ4n) is 2.57. The van der Waals surface area contributed by atoms with Crippen molar-refractivity contribution in [3.8, 4) is 6.07 Å². The first kappa shape index (κ1) is 11.4. The molecular formula is C13H20N2O. The van der Waals surface area contributed by atoms with Crippen LogP contribution in [0.25, 0.3) is 0 Å². The molecule has 2 aliphatic rings. The third-order valence-electron chi connectivity index (χ3n) is 4.14. The summed E-state index contributed by atoms with van der Waals surface area (Å²) in [6.07, 6.45) is 3.74. The van der Waals surface area contributed by atoms with Crippen LogP contribution in [-0.4, -0.2) is 23.9 Å². The van der Waals surface area contributed by atoms with Crippen LogP contribution in [0.4, 0.5) is 0 Å². The highest BCUT2D eigenvalue weighted by molar-refractivity contribution is 5.88. The van der Waals surface area contributed by atoms with Crippen molar-refractivity contribution in [1.29, 1.82) is 5.26 Å². The van der Waals surface area contributed by atoms with Gasteiger partial charge in [-0.3, -0.25) is 4.79 Å². The summed E-state index contributed by atoms with van der Waals surface area (Å²) in [5.41, 5.74) is -0.620. The van der Waals surface area contributed by atoms with Crippen LogP contribution in [0.3, 0.4) is 0 Å². The van der Waals surface area contributed by atoms with Gasteiger partial charge in [0.05, 0.1) is 6.07 Å². The maximum Gasteiger partial charge on any atom is 0.243 e. The zero-order valence-corrected chi connectivity index (χ0v) is 10.2. The summed E-state index contributed by atoms with van der Waals surface area (Å²) in [5.74, 6) is 1.56. The monoisotopic (exact) mass is 220 g/mol. The van der Waals surface area contributed by atoms with Crippen molar-refractivity contribution in [3.63, 3.8) is 0 Å². The van der Waals surface area contributed by atoms with Crippen LogP contribution in [0.1, 0.15) is 39.5 Å². The first-order valence-corrected chi connectivity index (χ1v) is 6.30. The zero-order valence-electron chi connectivity index (χ0n) is 10.2. The van der Waals surface area contributed by atoms with Gasteiger partial charge in [-0.1, -0.05) is 13.8 Å². The highest BCUT2D eigenvalue weighted by Crippen LogP contribution is 2.47. The Labute approximate surface area is 97.4 Å². The van der Waals surface area contributed by atoms with Crippen LogP contribution < -0.4 is 0 Å². The molecular weight excluding hydrogens is 200 g/mol. The Bertz CT molecular complexity index is 317. The summed E-state index contributed by atoms with van der Waals surface area (Å²) in [6.45, 7) is 6.20. The van der Waals surface area contributed by atoms with Gasteiger partial charge in [0.25, 0.3) is 0 Å². The van der Waals surface area contributed by atoms with E-state index < -0.39 is 5.41 Å². The molecule has 0 bridgehead atoms. The van der Waals surface area contributed by atoms with Crippen LogP contribution >= 0.6 is 0 Å². The Morgan fingerprint density at radius 2 is 1.94 bits per heavy atom. The lowest BCUT2D eigenvalue weighted by Crippen LogP contribution is -2.43. The van der Waals surface area contributed by atoms with Crippen molar-refractivity contribution in [1.82, 2.24) is 4.90 Å². The third kappa shape index (κ3) is 1.93. The predicted molar refractivity (Wildman–Crippen MR) is 61.4 cm³/mol. The lowest BCUT2D eigenvalue weighted by molar-refractivity contribution is -0.136. The molecule has 0 unspecified atom stereocenters. The Hall–Kier alpha value is -1.04. The molecule has 0 atom stereocenters. The van der Waals surface area contributed by atoms with E-state index in [1.165, 1.54) is 0 Å². The lowest BCUT2D eigenvalue weighted by atomic mass is 9.86. The van der Waals surface area contributed by atoms with Gasteiger partial charge in [-0.05, 0) is 37.5 Å². The Morgan fingerprint density at radius 3 is 2.31 bits per heavy atom. The first-order chi connectivity index (χ1) is 7.59. The van der Waals surface area contributed by atoms with Gasteiger partial charge in [0, 0.05) is 13.1 Å². The van der Waals surface area contributed by atoms with Crippen LogP contribution in [0.2, 0.25) is 0 Å². The number of nitrogens with zero attached hydrogens (tertiary/aromatic N) is 2. The summed E-state index contributed by atoms with van der Waals surface area (Å²) < 4.78 is 0. The minimum atomic E-state index is -0.620. The lowest BCUT2D eigenvalue weighted by Gasteiger charge is -2.34. The fraction of sp³-hybridized carbons (Fsp3) is 0.846. The standard InChI is InChI=1S/C13H20N2O/c1-10(2)11-3-7-15(8-4-11)12(16)13(9-14)5-6-13/h10-11H,3-8H2,1-2H3. The van der Waals surface area contributed by atoms with E-state index in [2.05, 4.69) is 19.9 Å². The molecule has 88 valence electrons. The van der Waals surface area contributed by atoms with E-state index in [0.717, 1.165) is 44.7 Å². The number of hydrogen-bond acceptors (Lipinski definition) is 2. The molecule has 0 spiro atoms. The van der Waals surface area contributed by atoms with Crippen LogP contribution in [-0.2, 0) is 4.79 Å². The van der Waals surface area contributed by atoms with Gasteiger partial charge in [0.1, 0.15) is 5.41 Å². The third-order valence-corrected chi connectivity index (χ3v) is 4.14. The van der Waals surface area contributed by atoms with Gasteiger partial charge >= 0.3 is 0 Å². The average molecular weight is 220 g/mol. The maximum atomic E-state index is 12.1. The number of rotatable bonds is 2. The van der Waals surface area contributed by atoms with Crippen LogP contribution in [0.5, 0.6) is 0 Å². The molecule has 1 aliphatic heterocycles. The van der Waals surface area contributed by atoms with E-state index in [0.29, 0.717) is 5.92 Å². The highest BCUT2D eigenvalue weighted by Gasteiger charge is 2.52. The number of carbonyl (C=O) groups is 1. The first-order valence-electron chi connectivity index (χ1n) is 6.30. The maximum absolute atomic E-state index is 12.1. The number of carbonyl (C=O) groups excluding carboxylic acids is 1. The molecule has 0 aromatic heterocycles. The summed E-state index contributed by atoms with van der Waals surface area (Å²) in [5, 5.41) is 9.00. The van der Waals surface area contributed by atoms with E-state index in [4.69, 9.17) is 5.26 Å². The van der Waals surface area contributed by atoms with E-state index in [-0.39, 0.29) is 5.91 Å². The quantitative estimate of drug-likeness (QED) is 0.716. The molecule has 1 aliphatic carbocycles. The molecule has 0 aromatic carbocycles. The second-order valence-corrected chi connectivity index (χ2v) is 5.57. The molecule has 2 rings (SSSR count). The van der Waals surface area contributed by atoms with Crippen molar-refractivity contribution >= 4 is 5.91 Å². The number of piperidine rings is 1. The summed E-state index contributed by atoms with van der Waals surface area (Å²) in [6, 6.07) is 2.19. The van der Waals surface area contributed by atoms with E-state index in [1.807, 2.05) is 4.90 Å². The topological polar surface area (TPSA) is 44.1 Å². The molecule has 3 nitrogen and oxygen atoms in total. The molecule has 1 heterocycles. The molecule has 0 N–H and O–H groups in total. The van der Waals surface area contributed by atoms with Crippen molar-refractivity contribution in [2.45, 2.75) is 39.5 Å². The molecule has 16 heavy (non-hydrogen) atoms. The normalized spacial score (nSPS) is 24.2. The molecule has 3 heteroatoms. The van der Waals surface area contributed by atoms with E-state index >= 15 is 0 Å². The Morgan fingerprint density at radius 1 is 1.38 bits per heavy atom. The molecule has 0 aromatic rings. The molecule has 1 saturated carbocycles. The van der Waals surface area contributed by atoms with Crippen molar-refractivity contribution in [2.24, 2.45) is 17.3 Å². The second kappa shape index (κ2) is 4.08.